The van der Waals surface area contributed by atoms with E-state index in [9.17, 15) is 4.79 Å². The van der Waals surface area contributed by atoms with Gasteiger partial charge in [-0.15, -0.1) is 0 Å². The Bertz CT molecular complexity index is 941. The third-order valence-corrected chi connectivity index (χ3v) is 9.45. The lowest BCUT2D eigenvalue weighted by atomic mass is 9.58. The number of hydrogen-bond donors (Lipinski definition) is 0. The zero-order valence-electron chi connectivity index (χ0n) is 20.1. The van der Waals surface area contributed by atoms with Crippen molar-refractivity contribution in [1.82, 2.24) is 0 Å². The summed E-state index contributed by atoms with van der Waals surface area (Å²) in [5, 5.41) is 0. The predicted octanol–water partition coefficient (Wildman–Crippen LogP) is 4.41. The van der Waals surface area contributed by atoms with E-state index in [0.29, 0.717) is 24.2 Å². The van der Waals surface area contributed by atoms with Crippen LogP contribution in [0.5, 0.6) is 0 Å². The van der Waals surface area contributed by atoms with Crippen LogP contribution < -0.4 is 0 Å². The molecule has 0 amide bonds. The van der Waals surface area contributed by atoms with Crippen molar-refractivity contribution >= 4 is 5.78 Å². The van der Waals surface area contributed by atoms with Gasteiger partial charge in [-0.1, -0.05) is 32.9 Å². The molecule has 4 fully saturated rings. The highest BCUT2D eigenvalue weighted by Gasteiger charge is 2.80. The van der Waals surface area contributed by atoms with Crippen molar-refractivity contribution in [2.24, 2.45) is 34.5 Å². The second-order valence-electron chi connectivity index (χ2n) is 12.5. The fraction of sp³-hybridized carbons (Fsp3) is 0.808. The smallest absolute Gasteiger partial charge is 0.164 e. The SMILES string of the molecule is CC1=C[C@@]23C(=O)[C@@H](C=C4COC(C)(C)O[C@H]4[C@@]24OC(C)(C)O[C@@H]14)[C@H]1[C@@H](C[C@H]3C)C1(C)C. The minimum Gasteiger partial charge on any atom is -0.346 e. The summed E-state index contributed by atoms with van der Waals surface area (Å²) < 4.78 is 26.2. The lowest BCUT2D eigenvalue weighted by Gasteiger charge is -2.53. The van der Waals surface area contributed by atoms with E-state index in [0.717, 1.165) is 17.6 Å². The minimum atomic E-state index is -0.903. The fourth-order valence-corrected chi connectivity index (χ4v) is 8.17. The van der Waals surface area contributed by atoms with E-state index < -0.39 is 22.6 Å². The molecule has 4 aliphatic carbocycles. The molecule has 5 heteroatoms. The predicted molar refractivity (Wildman–Crippen MR) is 115 cm³/mol. The molecular formula is C26H36O5. The van der Waals surface area contributed by atoms with Gasteiger partial charge in [0.1, 0.15) is 17.8 Å². The van der Waals surface area contributed by atoms with E-state index in [1.807, 2.05) is 27.7 Å². The molecule has 2 bridgehead atoms. The summed E-state index contributed by atoms with van der Waals surface area (Å²) in [6, 6.07) is 0. The first-order valence-corrected chi connectivity index (χ1v) is 11.9. The van der Waals surface area contributed by atoms with E-state index >= 15 is 0 Å². The Balaban J connectivity index is 1.64. The number of carbonyl (C=O) groups is 1. The van der Waals surface area contributed by atoms with Crippen LogP contribution in [-0.2, 0) is 23.7 Å². The summed E-state index contributed by atoms with van der Waals surface area (Å²) in [5.41, 5.74) is 0.650. The zero-order chi connectivity index (χ0) is 22.4. The Morgan fingerprint density at radius 3 is 2.39 bits per heavy atom. The topological polar surface area (TPSA) is 54.0 Å². The zero-order valence-corrected chi connectivity index (χ0v) is 20.1. The number of hydrogen-bond acceptors (Lipinski definition) is 5. The summed E-state index contributed by atoms with van der Waals surface area (Å²) in [5.74, 6) is -0.335. The highest BCUT2D eigenvalue weighted by atomic mass is 16.8. The average Bonchev–Trinajstić information content (AvgIpc) is 2.97. The first kappa shape index (κ1) is 20.6. The third-order valence-electron chi connectivity index (χ3n) is 9.45. The summed E-state index contributed by atoms with van der Waals surface area (Å²) in [6.07, 6.45) is 4.76. The maximum Gasteiger partial charge on any atom is 0.164 e. The monoisotopic (exact) mass is 428 g/mol. The van der Waals surface area contributed by atoms with Crippen molar-refractivity contribution < 1.29 is 23.7 Å². The first-order valence-electron chi connectivity index (χ1n) is 11.9. The van der Waals surface area contributed by atoms with Crippen LogP contribution in [0.1, 0.15) is 61.8 Å². The standard InChI is InChI=1S/C26H36O5/c1-13-11-25-14(2)9-17-18(22(17,3)4)16(19(25)27)10-15-12-28-23(5,6)30-21(15)26(25)20(13)29-24(7,8)31-26/h10-11,14,16-18,20-21H,9,12H2,1-8H3/t14-,16+,17-,18+,20+,21-,25-,26-/m1/s1. The van der Waals surface area contributed by atoms with Crippen LogP contribution in [-0.4, -0.2) is 41.8 Å². The van der Waals surface area contributed by atoms with Gasteiger partial charge < -0.3 is 18.9 Å². The molecule has 0 N–H and O–H groups in total. The van der Waals surface area contributed by atoms with Gasteiger partial charge in [0.25, 0.3) is 0 Å². The number of allylic oxidation sites excluding steroid dienone is 1. The summed E-state index contributed by atoms with van der Waals surface area (Å²) in [4.78, 5) is 14.7. The molecule has 0 radical (unpaired) electrons. The van der Waals surface area contributed by atoms with Gasteiger partial charge in [0.15, 0.2) is 17.4 Å². The van der Waals surface area contributed by atoms with Crippen molar-refractivity contribution in [3.05, 3.63) is 23.3 Å². The lowest BCUT2D eigenvalue weighted by Crippen LogP contribution is -2.67. The van der Waals surface area contributed by atoms with Crippen molar-refractivity contribution in [3.63, 3.8) is 0 Å². The highest BCUT2D eigenvalue weighted by Crippen LogP contribution is 2.73. The molecule has 6 rings (SSSR count). The van der Waals surface area contributed by atoms with Crippen LogP contribution in [0, 0.1) is 34.5 Å². The summed E-state index contributed by atoms with van der Waals surface area (Å²) in [7, 11) is 0. The molecule has 0 aromatic heterocycles. The second-order valence-corrected chi connectivity index (χ2v) is 12.5. The Kier molecular flexibility index (Phi) is 3.68. The second kappa shape index (κ2) is 5.55. The number of carbonyl (C=O) groups excluding carboxylic acids is 1. The molecule has 2 spiro atoms. The molecule has 6 aliphatic rings. The molecule has 0 aromatic rings. The van der Waals surface area contributed by atoms with Crippen LogP contribution in [0.3, 0.4) is 0 Å². The summed E-state index contributed by atoms with van der Waals surface area (Å²) >= 11 is 0. The molecule has 0 unspecified atom stereocenters. The Morgan fingerprint density at radius 2 is 1.68 bits per heavy atom. The van der Waals surface area contributed by atoms with Crippen molar-refractivity contribution in [1.29, 1.82) is 0 Å². The van der Waals surface area contributed by atoms with Gasteiger partial charge in [-0.2, -0.15) is 0 Å². The van der Waals surface area contributed by atoms with Crippen molar-refractivity contribution in [2.45, 2.75) is 91.2 Å². The molecule has 2 saturated carbocycles. The largest absolute Gasteiger partial charge is 0.346 e. The van der Waals surface area contributed by atoms with E-state index in [1.165, 1.54) is 0 Å². The normalized spacial score (nSPS) is 52.6. The molecule has 0 aromatic carbocycles. The number of ketones is 1. The van der Waals surface area contributed by atoms with Crippen LogP contribution >= 0.6 is 0 Å². The van der Waals surface area contributed by atoms with Gasteiger partial charge in [0, 0.05) is 5.92 Å². The van der Waals surface area contributed by atoms with Gasteiger partial charge in [0.05, 0.1) is 12.0 Å². The fourth-order valence-electron chi connectivity index (χ4n) is 8.17. The minimum absolute atomic E-state index is 0.134. The number of fused-ring (bicyclic) bond motifs is 4. The quantitative estimate of drug-likeness (QED) is 0.535. The van der Waals surface area contributed by atoms with Crippen LogP contribution in [0.15, 0.2) is 23.3 Å². The molecule has 2 heterocycles. The van der Waals surface area contributed by atoms with E-state index in [1.54, 1.807) is 0 Å². The van der Waals surface area contributed by atoms with E-state index in [-0.39, 0.29) is 29.5 Å². The molecule has 170 valence electrons. The highest BCUT2D eigenvalue weighted by molar-refractivity contribution is 5.95. The first-order chi connectivity index (χ1) is 14.3. The van der Waals surface area contributed by atoms with E-state index in [4.69, 9.17) is 18.9 Å². The molecule has 5 nitrogen and oxygen atoms in total. The van der Waals surface area contributed by atoms with Gasteiger partial charge >= 0.3 is 0 Å². The van der Waals surface area contributed by atoms with Crippen LogP contribution in [0.2, 0.25) is 0 Å². The van der Waals surface area contributed by atoms with Gasteiger partial charge in [-0.05, 0) is 75.4 Å². The number of rotatable bonds is 0. The van der Waals surface area contributed by atoms with Crippen molar-refractivity contribution in [3.8, 4) is 0 Å². The van der Waals surface area contributed by atoms with Gasteiger partial charge in [0.2, 0.25) is 0 Å². The Labute approximate surface area is 185 Å². The molecule has 2 saturated heterocycles. The number of Topliss-reactive ketones (excluding diaryl/α,β-unsaturated/α-hetero) is 1. The Morgan fingerprint density at radius 1 is 1.00 bits per heavy atom. The van der Waals surface area contributed by atoms with E-state index in [2.05, 4.69) is 39.8 Å². The molecule has 8 atom stereocenters. The number of ether oxygens (including phenoxy) is 4. The summed E-state index contributed by atoms with van der Waals surface area (Å²) in [6.45, 7) is 17.3. The van der Waals surface area contributed by atoms with Crippen molar-refractivity contribution in [2.75, 3.05) is 6.61 Å². The lowest BCUT2D eigenvalue weighted by molar-refractivity contribution is -0.304. The average molecular weight is 429 g/mol. The maximum absolute atomic E-state index is 14.7. The molecule has 2 aliphatic heterocycles. The van der Waals surface area contributed by atoms with Gasteiger partial charge in [-0.3, -0.25) is 4.79 Å². The molecule has 31 heavy (non-hydrogen) atoms. The van der Waals surface area contributed by atoms with Crippen LogP contribution in [0.4, 0.5) is 0 Å². The third kappa shape index (κ3) is 2.24. The Hall–Kier alpha value is -1.01. The van der Waals surface area contributed by atoms with Gasteiger partial charge in [-0.25, -0.2) is 0 Å². The van der Waals surface area contributed by atoms with Crippen LogP contribution in [0.25, 0.3) is 0 Å². The maximum atomic E-state index is 14.7. The molecular weight excluding hydrogens is 392 g/mol.